The molecule has 0 radical (unpaired) electrons. The second-order valence-electron chi connectivity index (χ2n) is 5.19. The molecule has 24 heavy (non-hydrogen) atoms. The van der Waals surface area contributed by atoms with Crippen molar-refractivity contribution in [1.29, 1.82) is 0 Å². The van der Waals surface area contributed by atoms with Crippen molar-refractivity contribution in [2.75, 3.05) is 24.1 Å². The van der Waals surface area contributed by atoms with Gasteiger partial charge in [-0.05, 0) is 42.5 Å². The van der Waals surface area contributed by atoms with E-state index >= 15 is 0 Å². The van der Waals surface area contributed by atoms with E-state index in [1.54, 1.807) is 38.1 Å². The molecule has 0 saturated carbocycles. The second kappa shape index (κ2) is 7.46. The fourth-order valence-corrected chi connectivity index (χ4v) is 3.77. The number of rotatable bonds is 6. The third-order valence-electron chi connectivity index (χ3n) is 3.60. The van der Waals surface area contributed by atoms with Crippen molar-refractivity contribution >= 4 is 27.3 Å². The number of nitrogens with zero attached hydrogens (tertiary/aromatic N) is 1. The molecule has 6 nitrogen and oxygen atoms in total. The van der Waals surface area contributed by atoms with Crippen LogP contribution >= 0.6 is 0 Å². The highest BCUT2D eigenvalue weighted by atomic mass is 32.2. The van der Waals surface area contributed by atoms with Crippen molar-refractivity contribution in [1.82, 2.24) is 4.31 Å². The van der Waals surface area contributed by atoms with Gasteiger partial charge in [0.05, 0.1) is 4.90 Å². The number of anilines is 2. The quantitative estimate of drug-likeness (QED) is 0.786. The monoisotopic (exact) mass is 347 g/mol. The summed E-state index contributed by atoms with van der Waals surface area (Å²) in [6.07, 6.45) is 0. The molecule has 1 amide bonds. The number of benzene rings is 2. The summed E-state index contributed by atoms with van der Waals surface area (Å²) in [7, 11) is -3.52. The van der Waals surface area contributed by atoms with Gasteiger partial charge in [0.2, 0.25) is 10.0 Å². The van der Waals surface area contributed by atoms with Crippen molar-refractivity contribution in [3.63, 3.8) is 0 Å². The summed E-state index contributed by atoms with van der Waals surface area (Å²) >= 11 is 0. The summed E-state index contributed by atoms with van der Waals surface area (Å²) in [6, 6.07) is 12.7. The van der Waals surface area contributed by atoms with Gasteiger partial charge >= 0.3 is 0 Å². The Labute approximate surface area is 142 Å². The average Bonchev–Trinajstić information content (AvgIpc) is 2.56. The number of nitrogens with two attached hydrogens (primary N) is 1. The molecule has 0 aliphatic rings. The maximum absolute atomic E-state index is 12.4. The molecule has 0 bridgehead atoms. The van der Waals surface area contributed by atoms with Crippen LogP contribution in [0, 0.1) is 0 Å². The highest BCUT2D eigenvalue weighted by Gasteiger charge is 2.21. The van der Waals surface area contributed by atoms with Crippen LogP contribution in [0.2, 0.25) is 0 Å². The SMILES string of the molecule is CCN(CC)S(=O)(=O)c1ccc(C(=O)Nc2cccc(N)c2)cc1. The normalized spacial score (nSPS) is 11.5. The predicted molar refractivity (Wildman–Crippen MR) is 95.4 cm³/mol. The van der Waals surface area contributed by atoms with Crippen LogP contribution in [0.3, 0.4) is 0 Å². The Balaban J connectivity index is 2.18. The molecule has 0 atom stereocenters. The Morgan fingerprint density at radius 1 is 1.08 bits per heavy atom. The minimum atomic E-state index is -3.52. The lowest BCUT2D eigenvalue weighted by atomic mass is 10.2. The molecule has 7 heteroatoms. The van der Waals surface area contributed by atoms with Gasteiger partial charge in [0, 0.05) is 30.0 Å². The van der Waals surface area contributed by atoms with Gasteiger partial charge in [-0.3, -0.25) is 4.79 Å². The second-order valence-corrected chi connectivity index (χ2v) is 7.13. The topological polar surface area (TPSA) is 92.5 Å². The summed E-state index contributed by atoms with van der Waals surface area (Å²) in [4.78, 5) is 12.4. The Morgan fingerprint density at radius 3 is 2.25 bits per heavy atom. The van der Waals surface area contributed by atoms with Crippen molar-refractivity contribution in [3.8, 4) is 0 Å². The molecule has 128 valence electrons. The van der Waals surface area contributed by atoms with Gasteiger partial charge in [-0.25, -0.2) is 8.42 Å². The van der Waals surface area contributed by atoms with Gasteiger partial charge in [0.25, 0.3) is 5.91 Å². The molecule has 0 aliphatic carbocycles. The van der Waals surface area contributed by atoms with Crippen LogP contribution in [0.15, 0.2) is 53.4 Å². The molecule has 0 fully saturated rings. The molecule has 2 aromatic carbocycles. The zero-order valence-corrected chi connectivity index (χ0v) is 14.5. The molecule has 0 spiro atoms. The third kappa shape index (κ3) is 3.93. The first-order valence-electron chi connectivity index (χ1n) is 7.65. The van der Waals surface area contributed by atoms with E-state index in [0.29, 0.717) is 30.0 Å². The summed E-state index contributed by atoms with van der Waals surface area (Å²) in [5.74, 6) is -0.326. The number of nitrogen functional groups attached to an aromatic ring is 1. The molecule has 0 saturated heterocycles. The maximum atomic E-state index is 12.4. The van der Waals surface area contributed by atoms with Gasteiger partial charge in [0.15, 0.2) is 0 Å². The molecule has 0 aliphatic heterocycles. The van der Waals surface area contributed by atoms with Crippen LogP contribution in [0.4, 0.5) is 11.4 Å². The van der Waals surface area contributed by atoms with Crippen molar-refractivity contribution < 1.29 is 13.2 Å². The summed E-state index contributed by atoms with van der Waals surface area (Å²) in [5, 5.41) is 2.72. The van der Waals surface area contributed by atoms with Gasteiger partial charge in [-0.2, -0.15) is 4.31 Å². The lowest BCUT2D eigenvalue weighted by Crippen LogP contribution is -2.30. The van der Waals surface area contributed by atoms with E-state index in [2.05, 4.69) is 5.32 Å². The Bertz CT molecular complexity index is 813. The summed E-state index contributed by atoms with van der Waals surface area (Å²) < 4.78 is 26.2. The van der Waals surface area contributed by atoms with E-state index in [4.69, 9.17) is 5.73 Å². The zero-order chi connectivity index (χ0) is 17.7. The number of nitrogens with one attached hydrogen (secondary N) is 1. The zero-order valence-electron chi connectivity index (χ0n) is 13.7. The fraction of sp³-hybridized carbons (Fsp3) is 0.235. The number of sulfonamides is 1. The molecule has 2 rings (SSSR count). The van der Waals surface area contributed by atoms with E-state index in [9.17, 15) is 13.2 Å². The highest BCUT2D eigenvalue weighted by Crippen LogP contribution is 2.18. The van der Waals surface area contributed by atoms with E-state index in [-0.39, 0.29) is 10.8 Å². The molecule has 0 unspecified atom stereocenters. The van der Waals surface area contributed by atoms with Crippen LogP contribution in [-0.4, -0.2) is 31.7 Å². The lowest BCUT2D eigenvalue weighted by Gasteiger charge is -2.18. The Morgan fingerprint density at radius 2 is 1.71 bits per heavy atom. The van der Waals surface area contributed by atoms with Crippen LogP contribution < -0.4 is 11.1 Å². The number of amides is 1. The molecule has 0 aromatic heterocycles. The fourth-order valence-electron chi connectivity index (χ4n) is 2.31. The van der Waals surface area contributed by atoms with E-state index < -0.39 is 10.0 Å². The molecule has 3 N–H and O–H groups in total. The number of carbonyl (C=O) groups is 1. The van der Waals surface area contributed by atoms with Crippen LogP contribution in [0.25, 0.3) is 0 Å². The van der Waals surface area contributed by atoms with Crippen molar-refractivity contribution in [2.24, 2.45) is 0 Å². The third-order valence-corrected chi connectivity index (χ3v) is 5.67. The number of carbonyl (C=O) groups excluding carboxylic acids is 1. The Kier molecular flexibility index (Phi) is 5.58. The standard InChI is InChI=1S/C17H21N3O3S/c1-3-20(4-2)24(22,23)16-10-8-13(9-11-16)17(21)19-15-7-5-6-14(18)12-15/h5-12H,3-4,18H2,1-2H3,(H,19,21). The average molecular weight is 347 g/mol. The van der Waals surface area contributed by atoms with Crippen LogP contribution in [0.5, 0.6) is 0 Å². The molecular formula is C17H21N3O3S. The van der Waals surface area contributed by atoms with Crippen molar-refractivity contribution in [3.05, 3.63) is 54.1 Å². The first-order valence-corrected chi connectivity index (χ1v) is 9.09. The number of hydrogen-bond donors (Lipinski definition) is 2. The molecule has 0 heterocycles. The largest absolute Gasteiger partial charge is 0.399 e. The Hall–Kier alpha value is -2.38. The minimum Gasteiger partial charge on any atom is -0.399 e. The lowest BCUT2D eigenvalue weighted by molar-refractivity contribution is 0.102. The first-order chi connectivity index (χ1) is 11.4. The van der Waals surface area contributed by atoms with E-state index in [1.807, 2.05) is 0 Å². The minimum absolute atomic E-state index is 0.173. The van der Waals surface area contributed by atoms with Gasteiger partial charge in [-0.15, -0.1) is 0 Å². The first kappa shape index (κ1) is 18.0. The van der Waals surface area contributed by atoms with Crippen LogP contribution in [0.1, 0.15) is 24.2 Å². The van der Waals surface area contributed by atoms with Gasteiger partial charge < -0.3 is 11.1 Å². The maximum Gasteiger partial charge on any atom is 0.255 e. The van der Waals surface area contributed by atoms with Crippen molar-refractivity contribution in [2.45, 2.75) is 18.7 Å². The highest BCUT2D eigenvalue weighted by molar-refractivity contribution is 7.89. The summed E-state index contributed by atoms with van der Waals surface area (Å²) in [6.45, 7) is 4.37. The number of hydrogen-bond acceptors (Lipinski definition) is 4. The van der Waals surface area contributed by atoms with E-state index in [0.717, 1.165) is 0 Å². The smallest absolute Gasteiger partial charge is 0.255 e. The predicted octanol–water partition coefficient (Wildman–Crippen LogP) is 2.55. The molecular weight excluding hydrogens is 326 g/mol. The van der Waals surface area contributed by atoms with Gasteiger partial charge in [0.1, 0.15) is 0 Å². The van der Waals surface area contributed by atoms with Crippen LogP contribution in [-0.2, 0) is 10.0 Å². The summed E-state index contributed by atoms with van der Waals surface area (Å²) in [5.41, 5.74) is 7.18. The van der Waals surface area contributed by atoms with Gasteiger partial charge in [-0.1, -0.05) is 19.9 Å². The van der Waals surface area contributed by atoms with E-state index in [1.165, 1.54) is 28.6 Å². The molecule has 2 aromatic rings.